The Kier molecular flexibility index (Phi) is 6.28. The Bertz CT molecular complexity index is 971. The van der Waals surface area contributed by atoms with Crippen molar-refractivity contribution < 1.29 is 23.8 Å². The van der Waals surface area contributed by atoms with Gasteiger partial charge in [-0.25, -0.2) is 4.39 Å². The lowest BCUT2D eigenvalue weighted by molar-refractivity contribution is 0.0595. The number of nitrogens with zero attached hydrogens (tertiary/aromatic N) is 2. The van der Waals surface area contributed by atoms with Crippen molar-refractivity contribution in [2.75, 3.05) is 26.3 Å². The number of rotatable bonds is 7. The maximum absolute atomic E-state index is 13.0. The number of carbonyl (C=O) groups is 2. The van der Waals surface area contributed by atoms with Crippen molar-refractivity contribution in [3.63, 3.8) is 0 Å². The number of amides is 2. The molecule has 2 heterocycles. The molecule has 0 saturated carbocycles. The van der Waals surface area contributed by atoms with Crippen molar-refractivity contribution in [1.82, 2.24) is 14.8 Å². The van der Waals surface area contributed by atoms with E-state index < -0.39 is 28.8 Å². The molecule has 1 aliphatic heterocycles. The minimum Gasteiger partial charge on any atom is -0.503 e. The van der Waals surface area contributed by atoms with Crippen LogP contribution in [0, 0.1) is 5.82 Å². The molecule has 1 aromatic carbocycles. The SMILES string of the molecule is CCOCCN1CCn2cc(C(=O)NCc3ccc(F)cc3)c(=O)c(O)c2C1=O. The maximum Gasteiger partial charge on any atom is 0.274 e. The summed E-state index contributed by atoms with van der Waals surface area (Å²) in [6.45, 7) is 3.88. The molecule has 0 saturated heterocycles. The summed E-state index contributed by atoms with van der Waals surface area (Å²) in [5.74, 6) is -2.30. The summed E-state index contributed by atoms with van der Waals surface area (Å²) >= 11 is 0. The van der Waals surface area contributed by atoms with Crippen LogP contribution in [0.25, 0.3) is 0 Å². The predicted octanol–water partition coefficient (Wildman–Crippen LogP) is 1.12. The molecule has 0 spiro atoms. The molecule has 0 unspecified atom stereocenters. The number of nitrogens with one attached hydrogen (secondary N) is 1. The van der Waals surface area contributed by atoms with Crippen LogP contribution >= 0.6 is 0 Å². The van der Waals surface area contributed by atoms with E-state index in [-0.39, 0.29) is 17.8 Å². The number of benzene rings is 1. The molecule has 0 atom stereocenters. The van der Waals surface area contributed by atoms with Crippen LogP contribution in [0.4, 0.5) is 4.39 Å². The lowest BCUT2D eigenvalue weighted by Crippen LogP contribution is -2.44. The van der Waals surface area contributed by atoms with Gasteiger partial charge >= 0.3 is 0 Å². The van der Waals surface area contributed by atoms with Gasteiger partial charge in [0.2, 0.25) is 5.43 Å². The number of hydrogen-bond donors (Lipinski definition) is 2. The number of fused-ring (bicyclic) bond motifs is 1. The van der Waals surface area contributed by atoms with Crippen molar-refractivity contribution in [2.45, 2.75) is 20.0 Å². The summed E-state index contributed by atoms with van der Waals surface area (Å²) in [6, 6.07) is 5.57. The van der Waals surface area contributed by atoms with Crippen molar-refractivity contribution in [3.05, 3.63) is 63.3 Å². The van der Waals surface area contributed by atoms with E-state index >= 15 is 0 Å². The van der Waals surface area contributed by atoms with Gasteiger partial charge in [-0.05, 0) is 24.6 Å². The van der Waals surface area contributed by atoms with Gasteiger partial charge in [-0.3, -0.25) is 14.4 Å². The summed E-state index contributed by atoms with van der Waals surface area (Å²) in [5.41, 5.74) is -0.647. The van der Waals surface area contributed by atoms with Crippen molar-refractivity contribution in [1.29, 1.82) is 0 Å². The fraction of sp³-hybridized carbons (Fsp3) is 0.350. The van der Waals surface area contributed by atoms with Crippen LogP contribution in [0.1, 0.15) is 33.3 Å². The third-order valence-electron chi connectivity index (χ3n) is 4.68. The lowest BCUT2D eigenvalue weighted by atomic mass is 10.1. The molecule has 2 aromatic rings. The highest BCUT2D eigenvalue weighted by molar-refractivity contribution is 5.99. The summed E-state index contributed by atoms with van der Waals surface area (Å²) in [5, 5.41) is 12.9. The molecular weight excluding hydrogens is 381 g/mol. The first-order valence-corrected chi connectivity index (χ1v) is 9.28. The Balaban J connectivity index is 1.78. The Labute approximate surface area is 166 Å². The molecule has 1 aromatic heterocycles. The zero-order valence-electron chi connectivity index (χ0n) is 16.0. The van der Waals surface area contributed by atoms with E-state index in [2.05, 4.69) is 5.32 Å². The highest BCUT2D eigenvalue weighted by Crippen LogP contribution is 2.20. The minimum atomic E-state index is -0.909. The fourth-order valence-corrected chi connectivity index (χ4v) is 3.10. The molecule has 9 heteroatoms. The monoisotopic (exact) mass is 403 g/mol. The molecule has 8 nitrogen and oxygen atoms in total. The van der Waals surface area contributed by atoms with E-state index in [9.17, 15) is 23.9 Å². The van der Waals surface area contributed by atoms with E-state index in [1.807, 2.05) is 6.92 Å². The molecule has 0 fully saturated rings. The number of hydrogen-bond acceptors (Lipinski definition) is 5. The molecular formula is C20H22FN3O5. The van der Waals surface area contributed by atoms with E-state index in [1.165, 1.54) is 39.9 Å². The number of pyridine rings is 1. The molecule has 2 N–H and O–H groups in total. The average molecular weight is 403 g/mol. The molecule has 154 valence electrons. The first-order valence-electron chi connectivity index (χ1n) is 9.28. The highest BCUT2D eigenvalue weighted by Gasteiger charge is 2.30. The van der Waals surface area contributed by atoms with Crippen molar-refractivity contribution >= 4 is 11.8 Å². The third kappa shape index (κ3) is 4.45. The molecule has 0 aliphatic carbocycles. The number of carbonyl (C=O) groups excluding carboxylic acids is 2. The Morgan fingerprint density at radius 1 is 1.24 bits per heavy atom. The van der Waals surface area contributed by atoms with Gasteiger partial charge in [0.15, 0.2) is 11.4 Å². The van der Waals surface area contributed by atoms with Gasteiger partial charge in [0, 0.05) is 39.0 Å². The summed E-state index contributed by atoms with van der Waals surface area (Å²) in [6.07, 6.45) is 1.29. The Morgan fingerprint density at radius 3 is 2.66 bits per heavy atom. The van der Waals surface area contributed by atoms with E-state index in [4.69, 9.17) is 4.74 Å². The van der Waals surface area contributed by atoms with Gasteiger partial charge < -0.3 is 24.6 Å². The van der Waals surface area contributed by atoms with Crippen molar-refractivity contribution in [3.8, 4) is 5.75 Å². The fourth-order valence-electron chi connectivity index (χ4n) is 3.10. The van der Waals surface area contributed by atoms with E-state index in [0.717, 1.165) is 0 Å². The summed E-state index contributed by atoms with van der Waals surface area (Å²) in [4.78, 5) is 39.0. The second kappa shape index (κ2) is 8.87. The first kappa shape index (κ1) is 20.5. The van der Waals surface area contributed by atoms with Crippen LogP contribution in [0.2, 0.25) is 0 Å². The first-order chi connectivity index (χ1) is 13.9. The largest absolute Gasteiger partial charge is 0.503 e. The summed E-state index contributed by atoms with van der Waals surface area (Å²) in [7, 11) is 0. The predicted molar refractivity (Wildman–Crippen MR) is 102 cm³/mol. The molecule has 0 bridgehead atoms. The number of halogens is 1. The second-order valence-electron chi connectivity index (χ2n) is 6.56. The van der Waals surface area contributed by atoms with Crippen LogP contribution in [-0.2, 0) is 17.8 Å². The Morgan fingerprint density at radius 2 is 1.97 bits per heavy atom. The zero-order chi connectivity index (χ0) is 21.0. The van der Waals surface area contributed by atoms with E-state index in [1.54, 1.807) is 0 Å². The van der Waals surface area contributed by atoms with Crippen LogP contribution < -0.4 is 10.7 Å². The smallest absolute Gasteiger partial charge is 0.274 e. The number of ether oxygens (including phenoxy) is 1. The molecule has 3 rings (SSSR count). The molecule has 1 aliphatic rings. The molecule has 2 amide bonds. The van der Waals surface area contributed by atoms with Gasteiger partial charge in [0.25, 0.3) is 11.8 Å². The van der Waals surface area contributed by atoms with Crippen molar-refractivity contribution in [2.24, 2.45) is 0 Å². The van der Waals surface area contributed by atoms with Gasteiger partial charge in [0.05, 0.1) is 6.61 Å². The molecule has 0 radical (unpaired) electrons. The third-order valence-corrected chi connectivity index (χ3v) is 4.68. The van der Waals surface area contributed by atoms with Crippen LogP contribution in [0.3, 0.4) is 0 Å². The summed E-state index contributed by atoms with van der Waals surface area (Å²) < 4.78 is 19.6. The lowest BCUT2D eigenvalue weighted by Gasteiger charge is -2.30. The zero-order valence-corrected chi connectivity index (χ0v) is 16.0. The van der Waals surface area contributed by atoms with E-state index in [0.29, 0.717) is 38.4 Å². The van der Waals surface area contributed by atoms with Gasteiger partial charge in [-0.2, -0.15) is 0 Å². The van der Waals surface area contributed by atoms with Crippen LogP contribution in [-0.4, -0.2) is 52.7 Å². The van der Waals surface area contributed by atoms with Crippen LogP contribution in [0.15, 0.2) is 35.3 Å². The standard InChI is InChI=1S/C20H22FN3O5/c1-2-29-10-9-23-7-8-24-12-15(17(25)18(26)16(24)20(23)28)19(27)22-11-13-3-5-14(21)6-4-13/h3-6,12,26H,2,7-11H2,1H3,(H,22,27). The highest BCUT2D eigenvalue weighted by atomic mass is 19.1. The maximum atomic E-state index is 13.0. The quantitative estimate of drug-likeness (QED) is 0.675. The van der Waals surface area contributed by atoms with Gasteiger partial charge in [0.1, 0.15) is 11.4 Å². The topological polar surface area (TPSA) is 101 Å². The number of aromatic nitrogens is 1. The van der Waals surface area contributed by atoms with Gasteiger partial charge in [-0.1, -0.05) is 12.1 Å². The van der Waals surface area contributed by atoms with Gasteiger partial charge in [-0.15, -0.1) is 0 Å². The average Bonchev–Trinajstić information content (AvgIpc) is 2.71. The normalized spacial score (nSPS) is 13.3. The second-order valence-corrected chi connectivity index (χ2v) is 6.56. The minimum absolute atomic E-state index is 0.0885. The number of aromatic hydroxyl groups is 1. The Hall–Kier alpha value is -3.20. The van der Waals surface area contributed by atoms with Crippen LogP contribution in [0.5, 0.6) is 5.75 Å². The molecule has 29 heavy (non-hydrogen) atoms.